The van der Waals surface area contributed by atoms with Gasteiger partial charge in [-0.15, -0.1) is 5.10 Å². The first kappa shape index (κ1) is 6.27. The lowest BCUT2D eigenvalue weighted by atomic mass is 10.6. The van der Waals surface area contributed by atoms with Gasteiger partial charge in [-0.05, 0) is 12.1 Å². The highest BCUT2D eigenvalue weighted by atomic mass is 15.7. The third-order valence-corrected chi connectivity index (χ3v) is 1.63. The van der Waals surface area contributed by atoms with Gasteiger partial charge < -0.3 is 5.01 Å². The predicted octanol–water partition coefficient (Wildman–Crippen LogP) is 0.333. The lowest BCUT2D eigenvalue weighted by Gasteiger charge is -2.11. The van der Waals surface area contributed by atoms with Crippen molar-refractivity contribution in [3.8, 4) is 0 Å². The molecule has 0 spiro atoms. The summed E-state index contributed by atoms with van der Waals surface area (Å²) in [5, 5.41) is 6.09. The first-order valence-corrected chi connectivity index (χ1v) is 3.47. The highest BCUT2D eigenvalue weighted by molar-refractivity contribution is 5.39. The molecule has 2 aromatic heterocycles. The zero-order chi connectivity index (χ0) is 7.84. The second kappa shape index (κ2) is 2.02. The third kappa shape index (κ3) is 0.790. The van der Waals surface area contributed by atoms with Crippen molar-refractivity contribution < 1.29 is 0 Å². The standard InChI is InChI=1S/C7H10N4/c1-9(2)11-7-4-3-5-10(7)6-8-11/h3-6H,1-2H3. The molecule has 0 N–H and O–H groups in total. The second-order valence-electron chi connectivity index (χ2n) is 2.64. The van der Waals surface area contributed by atoms with Gasteiger partial charge in [0.25, 0.3) is 0 Å². The van der Waals surface area contributed by atoms with Crippen molar-refractivity contribution >= 4 is 5.65 Å². The molecule has 0 saturated heterocycles. The Hall–Kier alpha value is -1.45. The summed E-state index contributed by atoms with van der Waals surface area (Å²) in [5.41, 5.74) is 1.08. The van der Waals surface area contributed by atoms with Gasteiger partial charge in [0.2, 0.25) is 0 Å². The quantitative estimate of drug-likeness (QED) is 0.585. The fourth-order valence-electron chi connectivity index (χ4n) is 1.12. The molecule has 0 fully saturated rings. The smallest absolute Gasteiger partial charge is 0.158 e. The van der Waals surface area contributed by atoms with Gasteiger partial charge in [0.05, 0.1) is 0 Å². The summed E-state index contributed by atoms with van der Waals surface area (Å²) in [6.45, 7) is 0. The van der Waals surface area contributed by atoms with Crippen molar-refractivity contribution in [2.24, 2.45) is 0 Å². The normalized spacial score (nSPS) is 10.7. The van der Waals surface area contributed by atoms with E-state index in [0.29, 0.717) is 0 Å². The lowest BCUT2D eigenvalue weighted by molar-refractivity contribution is 0.661. The molecule has 0 bridgehead atoms. The van der Waals surface area contributed by atoms with E-state index in [9.17, 15) is 0 Å². The zero-order valence-corrected chi connectivity index (χ0v) is 6.60. The molecule has 2 heterocycles. The fraction of sp³-hybridized carbons (Fsp3) is 0.286. The first-order chi connectivity index (χ1) is 5.29. The van der Waals surface area contributed by atoms with E-state index < -0.39 is 0 Å². The average molecular weight is 150 g/mol. The Morgan fingerprint density at radius 3 is 3.00 bits per heavy atom. The number of hydrogen-bond donors (Lipinski definition) is 0. The molecular weight excluding hydrogens is 140 g/mol. The average Bonchev–Trinajstić information content (AvgIpc) is 2.41. The highest BCUT2D eigenvalue weighted by Gasteiger charge is 2.00. The Bertz CT molecular complexity index is 357. The Labute approximate surface area is 64.6 Å². The van der Waals surface area contributed by atoms with Gasteiger partial charge in [-0.2, -0.15) is 4.79 Å². The van der Waals surface area contributed by atoms with Crippen LogP contribution in [0.25, 0.3) is 5.65 Å². The van der Waals surface area contributed by atoms with Gasteiger partial charge in [0, 0.05) is 20.3 Å². The maximum Gasteiger partial charge on any atom is 0.158 e. The molecule has 0 saturated carbocycles. The van der Waals surface area contributed by atoms with Crippen molar-refractivity contribution in [2.75, 3.05) is 19.1 Å². The van der Waals surface area contributed by atoms with Crippen LogP contribution in [0.2, 0.25) is 0 Å². The van der Waals surface area contributed by atoms with Crippen molar-refractivity contribution in [1.29, 1.82) is 0 Å². The van der Waals surface area contributed by atoms with Crippen LogP contribution in [0.5, 0.6) is 0 Å². The van der Waals surface area contributed by atoms with Crippen molar-refractivity contribution in [1.82, 2.24) is 14.3 Å². The van der Waals surface area contributed by atoms with E-state index in [-0.39, 0.29) is 0 Å². The summed E-state index contributed by atoms with van der Waals surface area (Å²) in [6, 6.07) is 4.02. The molecule has 4 heteroatoms. The molecule has 0 amide bonds. The van der Waals surface area contributed by atoms with E-state index in [1.54, 1.807) is 6.33 Å². The molecule has 58 valence electrons. The number of fused-ring (bicyclic) bond motifs is 1. The highest BCUT2D eigenvalue weighted by Crippen LogP contribution is 2.01. The Morgan fingerprint density at radius 2 is 2.27 bits per heavy atom. The summed E-state index contributed by atoms with van der Waals surface area (Å²) < 4.78 is 1.97. The summed E-state index contributed by atoms with van der Waals surface area (Å²) in [4.78, 5) is 1.83. The number of aromatic nitrogens is 3. The number of nitrogens with zero attached hydrogens (tertiary/aromatic N) is 4. The van der Waals surface area contributed by atoms with Crippen molar-refractivity contribution in [3.05, 3.63) is 24.7 Å². The van der Waals surface area contributed by atoms with Crippen LogP contribution in [-0.2, 0) is 0 Å². The van der Waals surface area contributed by atoms with E-state index in [4.69, 9.17) is 0 Å². The summed E-state index contributed by atoms with van der Waals surface area (Å²) >= 11 is 0. The maximum atomic E-state index is 4.16. The molecule has 4 nitrogen and oxygen atoms in total. The van der Waals surface area contributed by atoms with Crippen LogP contribution in [0.1, 0.15) is 0 Å². The van der Waals surface area contributed by atoms with E-state index in [0.717, 1.165) is 5.65 Å². The van der Waals surface area contributed by atoms with Gasteiger partial charge in [-0.3, -0.25) is 4.40 Å². The monoisotopic (exact) mass is 150 g/mol. The summed E-state index contributed by atoms with van der Waals surface area (Å²) in [5.74, 6) is 0. The molecule has 0 aliphatic rings. The second-order valence-corrected chi connectivity index (χ2v) is 2.64. The van der Waals surface area contributed by atoms with Crippen LogP contribution in [-0.4, -0.2) is 28.4 Å². The molecule has 0 aliphatic heterocycles. The van der Waals surface area contributed by atoms with Crippen molar-refractivity contribution in [2.45, 2.75) is 0 Å². The van der Waals surface area contributed by atoms with Crippen molar-refractivity contribution in [3.63, 3.8) is 0 Å². The van der Waals surface area contributed by atoms with Gasteiger partial charge in [-0.25, -0.2) is 0 Å². The molecule has 0 atom stereocenters. The Kier molecular flexibility index (Phi) is 1.15. The summed E-state index contributed by atoms with van der Waals surface area (Å²) in [7, 11) is 3.92. The molecular formula is C7H10N4. The van der Waals surface area contributed by atoms with Gasteiger partial charge >= 0.3 is 0 Å². The van der Waals surface area contributed by atoms with E-state index in [1.807, 2.05) is 46.6 Å². The zero-order valence-electron chi connectivity index (χ0n) is 6.60. The Balaban J connectivity index is 2.68. The predicted molar refractivity (Wildman–Crippen MR) is 43.2 cm³/mol. The maximum absolute atomic E-state index is 4.16. The minimum atomic E-state index is 1.08. The van der Waals surface area contributed by atoms with Crippen LogP contribution < -0.4 is 5.01 Å². The topological polar surface area (TPSA) is 25.5 Å². The third-order valence-electron chi connectivity index (χ3n) is 1.63. The SMILES string of the molecule is CN(C)n1ncn2cccc12. The lowest BCUT2D eigenvalue weighted by Crippen LogP contribution is -2.25. The minimum absolute atomic E-state index is 1.08. The van der Waals surface area contributed by atoms with Crippen LogP contribution in [0.15, 0.2) is 24.7 Å². The molecule has 0 aliphatic carbocycles. The first-order valence-electron chi connectivity index (χ1n) is 3.47. The van der Waals surface area contributed by atoms with E-state index in [1.165, 1.54) is 0 Å². The van der Waals surface area contributed by atoms with E-state index in [2.05, 4.69) is 5.10 Å². The molecule has 11 heavy (non-hydrogen) atoms. The molecule has 2 rings (SSSR count). The van der Waals surface area contributed by atoms with Gasteiger partial charge in [-0.1, -0.05) is 0 Å². The number of hydrogen-bond acceptors (Lipinski definition) is 2. The van der Waals surface area contributed by atoms with Crippen LogP contribution >= 0.6 is 0 Å². The largest absolute Gasteiger partial charge is 0.301 e. The van der Waals surface area contributed by atoms with Gasteiger partial charge in [0.15, 0.2) is 5.65 Å². The van der Waals surface area contributed by atoms with Crippen LogP contribution in [0.4, 0.5) is 0 Å². The number of rotatable bonds is 1. The minimum Gasteiger partial charge on any atom is -0.301 e. The van der Waals surface area contributed by atoms with Gasteiger partial charge in [0.1, 0.15) is 6.33 Å². The molecule has 2 aromatic rings. The Morgan fingerprint density at radius 1 is 1.45 bits per heavy atom. The van der Waals surface area contributed by atoms with Crippen LogP contribution in [0.3, 0.4) is 0 Å². The fourth-order valence-corrected chi connectivity index (χ4v) is 1.12. The summed E-state index contributed by atoms with van der Waals surface area (Å²) in [6.07, 6.45) is 3.76. The molecule has 0 aromatic carbocycles. The van der Waals surface area contributed by atoms with Crippen LogP contribution in [0, 0.1) is 0 Å². The van der Waals surface area contributed by atoms with E-state index >= 15 is 0 Å². The molecule has 0 radical (unpaired) electrons. The molecule has 0 unspecified atom stereocenters.